The zero-order valence-electron chi connectivity index (χ0n) is 14.8. The van der Waals surface area contributed by atoms with Crippen LogP contribution in [-0.4, -0.2) is 18.3 Å². The summed E-state index contributed by atoms with van der Waals surface area (Å²) in [6.07, 6.45) is 0. The van der Waals surface area contributed by atoms with Crippen LogP contribution < -0.4 is 9.47 Å². The van der Waals surface area contributed by atoms with Crippen molar-refractivity contribution in [2.45, 2.75) is 18.9 Å². The number of benzene rings is 3. The van der Waals surface area contributed by atoms with Gasteiger partial charge in [-0.25, -0.2) is 0 Å². The number of rotatable bonds is 5. The predicted molar refractivity (Wildman–Crippen MR) is 102 cm³/mol. The SMILES string of the molecule is Cc1ccc2c(c1)[C@](CO)(c1ccc(OCc3ccccc3)cc1)CO2. The lowest BCUT2D eigenvalue weighted by Crippen LogP contribution is -2.33. The predicted octanol–water partition coefficient (Wildman–Crippen LogP) is 4.24. The lowest BCUT2D eigenvalue weighted by atomic mass is 9.76. The second-order valence-electron chi connectivity index (χ2n) is 6.83. The second kappa shape index (κ2) is 6.85. The number of aryl methyl sites for hydroxylation is 1. The maximum atomic E-state index is 10.2. The van der Waals surface area contributed by atoms with E-state index in [2.05, 4.69) is 13.0 Å². The molecule has 3 heteroatoms. The van der Waals surface area contributed by atoms with Gasteiger partial charge in [0.1, 0.15) is 24.7 Å². The van der Waals surface area contributed by atoms with Gasteiger partial charge in [-0.3, -0.25) is 0 Å². The maximum Gasteiger partial charge on any atom is 0.123 e. The molecular weight excluding hydrogens is 324 g/mol. The van der Waals surface area contributed by atoms with Crippen LogP contribution in [0.15, 0.2) is 72.8 Å². The van der Waals surface area contributed by atoms with Crippen LogP contribution in [0.2, 0.25) is 0 Å². The van der Waals surface area contributed by atoms with Crippen molar-refractivity contribution >= 4 is 0 Å². The van der Waals surface area contributed by atoms with E-state index in [1.807, 2.05) is 66.7 Å². The minimum absolute atomic E-state index is 0.00761. The molecule has 0 unspecified atom stereocenters. The lowest BCUT2D eigenvalue weighted by molar-refractivity contribution is 0.185. The third-order valence-corrected chi connectivity index (χ3v) is 5.05. The number of fused-ring (bicyclic) bond motifs is 1. The summed E-state index contributed by atoms with van der Waals surface area (Å²) >= 11 is 0. The molecule has 0 aromatic heterocycles. The van der Waals surface area contributed by atoms with Crippen LogP contribution >= 0.6 is 0 Å². The largest absolute Gasteiger partial charge is 0.492 e. The van der Waals surface area contributed by atoms with Crippen LogP contribution in [0.3, 0.4) is 0 Å². The van der Waals surface area contributed by atoms with Crippen molar-refractivity contribution in [1.29, 1.82) is 0 Å². The highest BCUT2D eigenvalue weighted by atomic mass is 16.5. The van der Waals surface area contributed by atoms with Crippen LogP contribution in [0.4, 0.5) is 0 Å². The molecule has 3 aromatic carbocycles. The molecule has 0 spiro atoms. The molecule has 0 saturated carbocycles. The monoisotopic (exact) mass is 346 g/mol. The molecule has 1 aliphatic heterocycles. The first-order valence-electron chi connectivity index (χ1n) is 8.83. The van der Waals surface area contributed by atoms with E-state index in [9.17, 15) is 5.11 Å². The number of aliphatic hydroxyl groups excluding tert-OH is 1. The van der Waals surface area contributed by atoms with Crippen molar-refractivity contribution in [2.24, 2.45) is 0 Å². The molecule has 3 nitrogen and oxygen atoms in total. The van der Waals surface area contributed by atoms with E-state index in [0.717, 1.165) is 33.8 Å². The first kappa shape index (κ1) is 16.7. The van der Waals surface area contributed by atoms with Crippen LogP contribution in [0, 0.1) is 6.92 Å². The Kier molecular flexibility index (Phi) is 4.39. The van der Waals surface area contributed by atoms with E-state index in [4.69, 9.17) is 9.47 Å². The van der Waals surface area contributed by atoms with Gasteiger partial charge in [-0.1, -0.05) is 60.2 Å². The van der Waals surface area contributed by atoms with Gasteiger partial charge in [0.05, 0.1) is 12.0 Å². The van der Waals surface area contributed by atoms with Gasteiger partial charge in [0.2, 0.25) is 0 Å². The van der Waals surface area contributed by atoms with E-state index in [1.54, 1.807) is 0 Å². The Labute approximate surface area is 153 Å². The third-order valence-electron chi connectivity index (χ3n) is 5.05. The van der Waals surface area contributed by atoms with Gasteiger partial charge in [-0.2, -0.15) is 0 Å². The minimum Gasteiger partial charge on any atom is -0.492 e. The zero-order valence-corrected chi connectivity index (χ0v) is 14.8. The molecule has 1 aliphatic rings. The van der Waals surface area contributed by atoms with Crippen LogP contribution in [-0.2, 0) is 12.0 Å². The van der Waals surface area contributed by atoms with Gasteiger partial charge in [0.15, 0.2) is 0 Å². The maximum absolute atomic E-state index is 10.2. The van der Waals surface area contributed by atoms with Crippen molar-refractivity contribution < 1.29 is 14.6 Å². The molecule has 132 valence electrons. The topological polar surface area (TPSA) is 38.7 Å². The highest BCUT2D eigenvalue weighted by Crippen LogP contribution is 2.44. The average molecular weight is 346 g/mol. The minimum atomic E-state index is -0.515. The van der Waals surface area contributed by atoms with Gasteiger partial charge >= 0.3 is 0 Å². The van der Waals surface area contributed by atoms with Crippen molar-refractivity contribution in [2.75, 3.05) is 13.2 Å². The molecule has 1 atom stereocenters. The smallest absolute Gasteiger partial charge is 0.123 e. The number of aliphatic hydroxyl groups is 1. The van der Waals surface area contributed by atoms with Gasteiger partial charge in [0, 0.05) is 5.56 Å². The standard InChI is InChI=1S/C23H22O3/c1-17-7-12-22-21(13-17)23(15-24,16-26-22)19-8-10-20(11-9-19)25-14-18-5-3-2-4-6-18/h2-13,24H,14-16H2,1H3/t23-/m0/s1. The Bertz CT molecular complexity index is 887. The van der Waals surface area contributed by atoms with E-state index in [-0.39, 0.29) is 6.61 Å². The normalized spacial score (nSPS) is 18.2. The Morgan fingerprint density at radius 2 is 1.77 bits per heavy atom. The molecule has 0 radical (unpaired) electrons. The molecule has 3 aromatic rings. The second-order valence-corrected chi connectivity index (χ2v) is 6.83. The third kappa shape index (κ3) is 2.95. The summed E-state index contributed by atoms with van der Waals surface area (Å²) in [5.74, 6) is 1.67. The molecule has 1 heterocycles. The summed E-state index contributed by atoms with van der Waals surface area (Å²) < 4.78 is 11.7. The molecule has 1 N–H and O–H groups in total. The van der Waals surface area contributed by atoms with Gasteiger partial charge in [-0.05, 0) is 36.2 Å². The van der Waals surface area contributed by atoms with E-state index in [0.29, 0.717) is 13.2 Å². The van der Waals surface area contributed by atoms with Crippen molar-refractivity contribution in [1.82, 2.24) is 0 Å². The molecule has 4 rings (SSSR count). The summed E-state index contributed by atoms with van der Waals surface area (Å²) in [7, 11) is 0. The number of hydrogen-bond acceptors (Lipinski definition) is 3. The molecular formula is C23H22O3. The van der Waals surface area contributed by atoms with Crippen molar-refractivity contribution in [3.8, 4) is 11.5 Å². The average Bonchev–Trinajstić information content (AvgIpc) is 3.06. The van der Waals surface area contributed by atoms with Crippen molar-refractivity contribution in [3.05, 3.63) is 95.1 Å². The van der Waals surface area contributed by atoms with Crippen LogP contribution in [0.25, 0.3) is 0 Å². The van der Waals surface area contributed by atoms with E-state index < -0.39 is 5.41 Å². The van der Waals surface area contributed by atoms with E-state index >= 15 is 0 Å². The van der Waals surface area contributed by atoms with Crippen LogP contribution in [0.5, 0.6) is 11.5 Å². The Balaban J connectivity index is 1.57. The summed E-state index contributed by atoms with van der Waals surface area (Å²) in [6.45, 7) is 3.05. The fraction of sp³-hybridized carbons (Fsp3) is 0.217. The zero-order chi connectivity index (χ0) is 18.0. The van der Waals surface area contributed by atoms with Gasteiger partial charge in [-0.15, -0.1) is 0 Å². The van der Waals surface area contributed by atoms with Crippen LogP contribution in [0.1, 0.15) is 22.3 Å². The van der Waals surface area contributed by atoms with Gasteiger partial charge in [0.25, 0.3) is 0 Å². The number of ether oxygens (including phenoxy) is 2. The molecule has 0 saturated heterocycles. The Morgan fingerprint density at radius 3 is 2.50 bits per heavy atom. The van der Waals surface area contributed by atoms with Crippen molar-refractivity contribution in [3.63, 3.8) is 0 Å². The molecule has 0 amide bonds. The first-order chi connectivity index (χ1) is 12.7. The summed E-state index contributed by atoms with van der Waals surface area (Å²) in [6, 6.07) is 24.2. The highest BCUT2D eigenvalue weighted by Gasteiger charge is 2.42. The van der Waals surface area contributed by atoms with Gasteiger partial charge < -0.3 is 14.6 Å². The highest BCUT2D eigenvalue weighted by molar-refractivity contribution is 5.53. The van der Waals surface area contributed by atoms with E-state index in [1.165, 1.54) is 0 Å². The fourth-order valence-corrected chi connectivity index (χ4v) is 3.49. The number of hydrogen-bond donors (Lipinski definition) is 1. The first-order valence-corrected chi connectivity index (χ1v) is 8.83. The quantitative estimate of drug-likeness (QED) is 0.751. The molecule has 26 heavy (non-hydrogen) atoms. The summed E-state index contributed by atoms with van der Waals surface area (Å²) in [4.78, 5) is 0. The molecule has 0 bridgehead atoms. The Hall–Kier alpha value is -2.78. The molecule has 0 aliphatic carbocycles. The lowest BCUT2D eigenvalue weighted by Gasteiger charge is -2.26. The summed E-state index contributed by atoms with van der Waals surface area (Å²) in [5, 5.41) is 10.2. The fourth-order valence-electron chi connectivity index (χ4n) is 3.49. The summed E-state index contributed by atoms with van der Waals surface area (Å²) in [5.41, 5.74) is 3.88. The Morgan fingerprint density at radius 1 is 1.00 bits per heavy atom. The molecule has 0 fully saturated rings.